The third-order valence-electron chi connectivity index (χ3n) is 2.90. The zero-order valence-corrected chi connectivity index (χ0v) is 8.46. The molecule has 1 N–H and O–H groups in total. The zero-order chi connectivity index (χ0) is 10.4. The van der Waals surface area contributed by atoms with Crippen molar-refractivity contribution in [2.24, 2.45) is 0 Å². The summed E-state index contributed by atoms with van der Waals surface area (Å²) in [5.41, 5.74) is 2.95. The molecule has 0 saturated carbocycles. The number of rotatable bonds is 1. The second kappa shape index (κ2) is 2.86. The van der Waals surface area contributed by atoms with E-state index < -0.39 is 0 Å². The lowest BCUT2D eigenvalue weighted by Gasteiger charge is -2.01. The Labute approximate surface area is 87.1 Å². The van der Waals surface area contributed by atoms with Crippen LogP contribution in [0.4, 0.5) is 0 Å². The Hall–Kier alpha value is -1.77. The summed E-state index contributed by atoms with van der Waals surface area (Å²) in [6.45, 7) is 2.31. The van der Waals surface area contributed by atoms with Crippen LogP contribution in [0.2, 0.25) is 0 Å². The molecule has 3 heteroatoms. The van der Waals surface area contributed by atoms with Crippen LogP contribution in [0.5, 0.6) is 5.75 Å². The summed E-state index contributed by atoms with van der Waals surface area (Å²) in [7, 11) is 0. The molecule has 1 aliphatic heterocycles. The maximum absolute atomic E-state index is 11.5. The van der Waals surface area contributed by atoms with E-state index >= 15 is 0 Å². The van der Waals surface area contributed by atoms with E-state index in [1.165, 1.54) is 5.56 Å². The van der Waals surface area contributed by atoms with Crippen LogP contribution in [-0.2, 0) is 6.42 Å². The number of aromatic amines is 1. The molecule has 0 unspecified atom stereocenters. The average Bonchev–Trinajstić information content (AvgIpc) is 2.82. The maximum atomic E-state index is 11.5. The Balaban J connectivity index is 2.41. The Morgan fingerprint density at radius 3 is 3.13 bits per heavy atom. The van der Waals surface area contributed by atoms with Crippen LogP contribution < -0.4 is 4.74 Å². The molecule has 1 aromatic carbocycles. The summed E-state index contributed by atoms with van der Waals surface area (Å²) in [4.78, 5) is 14.6. The molecule has 0 spiro atoms. The predicted octanol–water partition coefficient (Wildman–Crippen LogP) is 2.31. The number of carbonyl (C=O) groups is 1. The van der Waals surface area contributed by atoms with Gasteiger partial charge in [0.2, 0.25) is 0 Å². The number of hydrogen-bond acceptors (Lipinski definition) is 2. The van der Waals surface area contributed by atoms with Crippen molar-refractivity contribution in [3.63, 3.8) is 0 Å². The van der Waals surface area contributed by atoms with Gasteiger partial charge in [-0.1, -0.05) is 0 Å². The number of nitrogens with one attached hydrogen (secondary N) is 1. The Bertz CT molecular complexity index is 554. The number of Topliss-reactive ketones (excluding diaryl/α,β-unsaturated/α-hetero) is 1. The fourth-order valence-electron chi connectivity index (χ4n) is 2.20. The second-order valence-corrected chi connectivity index (χ2v) is 3.82. The van der Waals surface area contributed by atoms with Gasteiger partial charge < -0.3 is 9.72 Å². The van der Waals surface area contributed by atoms with E-state index in [-0.39, 0.29) is 5.78 Å². The molecule has 0 bridgehead atoms. The average molecular weight is 201 g/mol. The number of H-pyrrole nitrogens is 1. The van der Waals surface area contributed by atoms with Gasteiger partial charge in [0.1, 0.15) is 5.75 Å². The molecule has 76 valence electrons. The minimum Gasteiger partial charge on any atom is -0.493 e. The molecule has 15 heavy (non-hydrogen) atoms. The summed E-state index contributed by atoms with van der Waals surface area (Å²) in [5.74, 6) is 1.02. The summed E-state index contributed by atoms with van der Waals surface area (Å²) >= 11 is 0. The first-order chi connectivity index (χ1) is 7.27. The molecule has 1 aliphatic rings. The van der Waals surface area contributed by atoms with Gasteiger partial charge in [-0.05, 0) is 19.1 Å². The number of fused-ring (bicyclic) bond motifs is 3. The molecule has 0 radical (unpaired) electrons. The summed E-state index contributed by atoms with van der Waals surface area (Å²) < 4.78 is 5.49. The van der Waals surface area contributed by atoms with Gasteiger partial charge in [-0.15, -0.1) is 0 Å². The summed E-state index contributed by atoms with van der Waals surface area (Å²) in [5, 5.41) is 1.04. The van der Waals surface area contributed by atoms with Crippen LogP contribution in [0.3, 0.4) is 0 Å². The van der Waals surface area contributed by atoms with Crippen molar-refractivity contribution in [3.05, 3.63) is 29.5 Å². The molecule has 2 heterocycles. The first-order valence-corrected chi connectivity index (χ1v) is 5.04. The number of carbonyl (C=O) groups excluding carboxylic acids is 1. The van der Waals surface area contributed by atoms with E-state index in [1.54, 1.807) is 13.1 Å². The third kappa shape index (κ3) is 1.09. The molecule has 3 rings (SSSR count). The van der Waals surface area contributed by atoms with E-state index in [1.807, 2.05) is 12.1 Å². The van der Waals surface area contributed by atoms with Crippen LogP contribution in [0.15, 0.2) is 18.3 Å². The van der Waals surface area contributed by atoms with Gasteiger partial charge in [-0.3, -0.25) is 4.79 Å². The van der Waals surface area contributed by atoms with Gasteiger partial charge in [0.15, 0.2) is 5.78 Å². The molecule has 0 atom stereocenters. The normalized spacial score (nSPS) is 13.9. The van der Waals surface area contributed by atoms with E-state index in [9.17, 15) is 4.79 Å². The maximum Gasteiger partial charge on any atom is 0.161 e. The number of ether oxygens (including phenoxy) is 1. The minimum atomic E-state index is 0.0987. The highest BCUT2D eigenvalue weighted by atomic mass is 16.5. The molecule has 1 aromatic heterocycles. The monoisotopic (exact) mass is 201 g/mol. The van der Waals surface area contributed by atoms with Crippen molar-refractivity contribution < 1.29 is 9.53 Å². The van der Waals surface area contributed by atoms with Gasteiger partial charge in [0.05, 0.1) is 6.61 Å². The topological polar surface area (TPSA) is 42.1 Å². The summed E-state index contributed by atoms with van der Waals surface area (Å²) in [6.07, 6.45) is 2.68. The SMILES string of the molecule is CC(=O)c1c[nH]c2ccc3c(c12)CCO3. The van der Waals surface area contributed by atoms with Crippen LogP contribution in [0, 0.1) is 0 Å². The van der Waals surface area contributed by atoms with Crippen LogP contribution >= 0.6 is 0 Å². The Morgan fingerprint density at radius 2 is 2.33 bits per heavy atom. The molecule has 2 aromatic rings. The standard InChI is InChI=1S/C12H11NO2/c1-7(14)9-6-13-10-2-3-11-8(12(9)10)4-5-15-11/h2-3,6,13H,4-5H2,1H3. The molecular weight excluding hydrogens is 190 g/mol. The van der Waals surface area contributed by atoms with Gasteiger partial charge in [-0.2, -0.15) is 0 Å². The largest absolute Gasteiger partial charge is 0.493 e. The van der Waals surface area contributed by atoms with E-state index in [4.69, 9.17) is 4.74 Å². The van der Waals surface area contributed by atoms with Crippen molar-refractivity contribution in [1.82, 2.24) is 4.98 Å². The van der Waals surface area contributed by atoms with Crippen molar-refractivity contribution in [2.45, 2.75) is 13.3 Å². The highest BCUT2D eigenvalue weighted by Crippen LogP contribution is 2.34. The lowest BCUT2D eigenvalue weighted by Crippen LogP contribution is -1.91. The van der Waals surface area contributed by atoms with Crippen molar-refractivity contribution in [3.8, 4) is 5.75 Å². The fraction of sp³-hybridized carbons (Fsp3) is 0.250. The lowest BCUT2D eigenvalue weighted by molar-refractivity contribution is 0.101. The van der Waals surface area contributed by atoms with Crippen LogP contribution in [0.25, 0.3) is 10.9 Å². The Morgan fingerprint density at radius 1 is 1.47 bits per heavy atom. The van der Waals surface area contributed by atoms with E-state index in [0.717, 1.165) is 35.2 Å². The highest BCUT2D eigenvalue weighted by Gasteiger charge is 2.19. The highest BCUT2D eigenvalue weighted by molar-refractivity contribution is 6.08. The van der Waals surface area contributed by atoms with Gasteiger partial charge >= 0.3 is 0 Å². The number of benzene rings is 1. The predicted molar refractivity (Wildman–Crippen MR) is 57.5 cm³/mol. The third-order valence-corrected chi connectivity index (χ3v) is 2.90. The van der Waals surface area contributed by atoms with Crippen molar-refractivity contribution in [1.29, 1.82) is 0 Å². The molecular formula is C12H11NO2. The minimum absolute atomic E-state index is 0.0987. The molecule has 0 saturated heterocycles. The quantitative estimate of drug-likeness (QED) is 0.719. The summed E-state index contributed by atoms with van der Waals surface area (Å²) in [6, 6.07) is 3.93. The second-order valence-electron chi connectivity index (χ2n) is 3.82. The molecule has 0 aliphatic carbocycles. The fourth-order valence-corrected chi connectivity index (χ4v) is 2.20. The van der Waals surface area contributed by atoms with Gasteiger partial charge in [-0.25, -0.2) is 0 Å². The van der Waals surface area contributed by atoms with Crippen LogP contribution in [0.1, 0.15) is 22.8 Å². The van der Waals surface area contributed by atoms with Gasteiger partial charge in [0, 0.05) is 34.6 Å². The smallest absolute Gasteiger partial charge is 0.161 e. The Kier molecular flexibility index (Phi) is 1.63. The molecule has 3 nitrogen and oxygen atoms in total. The van der Waals surface area contributed by atoms with Crippen molar-refractivity contribution >= 4 is 16.7 Å². The van der Waals surface area contributed by atoms with E-state index in [2.05, 4.69) is 4.98 Å². The van der Waals surface area contributed by atoms with Crippen molar-refractivity contribution in [2.75, 3.05) is 6.61 Å². The zero-order valence-electron chi connectivity index (χ0n) is 8.46. The lowest BCUT2D eigenvalue weighted by atomic mass is 10.0. The van der Waals surface area contributed by atoms with Gasteiger partial charge in [0.25, 0.3) is 0 Å². The number of ketones is 1. The first-order valence-electron chi connectivity index (χ1n) is 5.04. The van der Waals surface area contributed by atoms with E-state index in [0.29, 0.717) is 0 Å². The molecule has 0 fully saturated rings. The molecule has 0 amide bonds. The first kappa shape index (κ1) is 8.53. The number of aromatic nitrogens is 1. The van der Waals surface area contributed by atoms with Crippen LogP contribution in [-0.4, -0.2) is 17.4 Å². The number of hydrogen-bond donors (Lipinski definition) is 1.